The highest BCUT2D eigenvalue weighted by atomic mass is 35.5. The van der Waals surface area contributed by atoms with E-state index < -0.39 is 11.7 Å². The molecule has 8 heteroatoms. The quantitative estimate of drug-likeness (QED) is 0.897. The van der Waals surface area contributed by atoms with Crippen LogP contribution in [-0.2, 0) is 4.79 Å². The van der Waals surface area contributed by atoms with Crippen molar-refractivity contribution in [1.29, 1.82) is 0 Å². The van der Waals surface area contributed by atoms with Crippen molar-refractivity contribution >= 4 is 35.8 Å². The van der Waals surface area contributed by atoms with Gasteiger partial charge in [0.2, 0.25) is 5.91 Å². The lowest BCUT2D eigenvalue weighted by molar-refractivity contribution is -0.132. The molecule has 1 aromatic rings. The maximum Gasteiger partial charge on any atom is 0.254 e. The Morgan fingerprint density at radius 2 is 2.00 bits per heavy atom. The van der Waals surface area contributed by atoms with Gasteiger partial charge in [0, 0.05) is 38.8 Å². The predicted octanol–water partition coefficient (Wildman–Crippen LogP) is 1.40. The van der Waals surface area contributed by atoms with Gasteiger partial charge in [-0.05, 0) is 18.2 Å². The van der Waals surface area contributed by atoms with E-state index in [0.29, 0.717) is 13.1 Å². The van der Waals surface area contributed by atoms with Crippen molar-refractivity contribution in [2.45, 2.75) is 0 Å². The first-order chi connectivity index (χ1) is 9.99. The van der Waals surface area contributed by atoms with Gasteiger partial charge in [-0.1, -0.05) is 11.6 Å². The van der Waals surface area contributed by atoms with Gasteiger partial charge in [0.1, 0.15) is 5.82 Å². The lowest BCUT2D eigenvalue weighted by Crippen LogP contribution is -2.49. The summed E-state index contributed by atoms with van der Waals surface area (Å²) >= 11 is 5.58. The van der Waals surface area contributed by atoms with Crippen molar-refractivity contribution < 1.29 is 14.0 Å². The molecule has 0 saturated carbocycles. The molecular formula is C14H18Cl2FN3O2. The fraction of sp³-hybridized carbons (Fsp3) is 0.429. The van der Waals surface area contributed by atoms with Crippen LogP contribution in [0.25, 0.3) is 0 Å². The highest BCUT2D eigenvalue weighted by molar-refractivity contribution is 6.30. The molecule has 5 nitrogen and oxygen atoms in total. The van der Waals surface area contributed by atoms with Crippen molar-refractivity contribution in [2.24, 2.45) is 0 Å². The first kappa shape index (κ1) is 18.7. The summed E-state index contributed by atoms with van der Waals surface area (Å²) in [5, 5.41) is 3.12. The Labute approximate surface area is 139 Å². The Balaban J connectivity index is 0.00000242. The summed E-state index contributed by atoms with van der Waals surface area (Å²) in [6.45, 7) is 2.76. The van der Waals surface area contributed by atoms with Crippen molar-refractivity contribution in [3.63, 3.8) is 0 Å². The fourth-order valence-electron chi connectivity index (χ4n) is 2.14. The number of amides is 2. The van der Waals surface area contributed by atoms with Crippen LogP contribution in [0.5, 0.6) is 0 Å². The summed E-state index contributed by atoms with van der Waals surface area (Å²) < 4.78 is 13.4. The van der Waals surface area contributed by atoms with E-state index in [2.05, 4.69) is 5.32 Å². The lowest BCUT2D eigenvalue weighted by Gasteiger charge is -2.29. The third-order valence-corrected chi connectivity index (χ3v) is 3.66. The van der Waals surface area contributed by atoms with E-state index in [1.54, 1.807) is 4.90 Å². The van der Waals surface area contributed by atoms with Gasteiger partial charge in [0.05, 0.1) is 11.6 Å². The number of carbonyl (C=O) groups is 2. The number of nitrogens with one attached hydrogen (secondary N) is 1. The molecule has 0 atom stereocenters. The zero-order valence-electron chi connectivity index (χ0n) is 12.1. The molecule has 2 rings (SSSR count). The summed E-state index contributed by atoms with van der Waals surface area (Å²) in [4.78, 5) is 27.2. The number of likely N-dealkylation sites (N-methyl/N-ethyl adjacent to an activating group) is 1. The number of nitrogens with zero attached hydrogens (tertiary/aromatic N) is 2. The van der Waals surface area contributed by atoms with Crippen LogP contribution in [0.15, 0.2) is 18.2 Å². The first-order valence-electron chi connectivity index (χ1n) is 6.68. The minimum Gasteiger partial charge on any atom is -0.339 e. The van der Waals surface area contributed by atoms with Crippen LogP contribution in [-0.4, -0.2) is 61.4 Å². The highest BCUT2D eigenvalue weighted by Gasteiger charge is 2.21. The van der Waals surface area contributed by atoms with Gasteiger partial charge in [0.25, 0.3) is 5.91 Å². The summed E-state index contributed by atoms with van der Waals surface area (Å²) in [5.74, 6) is -1.17. The highest BCUT2D eigenvalue weighted by Crippen LogP contribution is 2.16. The summed E-state index contributed by atoms with van der Waals surface area (Å²) in [6, 6.07) is 3.85. The van der Waals surface area contributed by atoms with Crippen LogP contribution >= 0.6 is 24.0 Å². The summed E-state index contributed by atoms with van der Waals surface area (Å²) in [6.07, 6.45) is 0. The van der Waals surface area contributed by atoms with Crippen molar-refractivity contribution in [1.82, 2.24) is 15.1 Å². The van der Waals surface area contributed by atoms with Gasteiger partial charge in [-0.3, -0.25) is 9.59 Å². The van der Waals surface area contributed by atoms with Gasteiger partial charge in [-0.2, -0.15) is 0 Å². The second-order valence-corrected chi connectivity index (χ2v) is 5.33. The molecule has 0 unspecified atom stereocenters. The number of hydrogen-bond acceptors (Lipinski definition) is 3. The van der Waals surface area contributed by atoms with Crippen LogP contribution < -0.4 is 5.32 Å². The molecule has 0 radical (unpaired) electrons. The molecule has 1 N–H and O–H groups in total. The molecule has 1 heterocycles. The van der Waals surface area contributed by atoms with E-state index in [9.17, 15) is 14.0 Å². The van der Waals surface area contributed by atoms with Crippen molar-refractivity contribution in [3.8, 4) is 0 Å². The SMILES string of the molecule is CN(CC(=O)N1CCNCC1)C(=O)c1ccc(Cl)c(F)c1.Cl. The van der Waals surface area contributed by atoms with Crippen LogP contribution in [0.2, 0.25) is 5.02 Å². The zero-order valence-corrected chi connectivity index (χ0v) is 13.7. The summed E-state index contributed by atoms with van der Waals surface area (Å²) in [7, 11) is 1.52. The monoisotopic (exact) mass is 349 g/mol. The minimum absolute atomic E-state index is 0. The number of benzene rings is 1. The molecule has 0 aliphatic carbocycles. The number of rotatable bonds is 3. The zero-order chi connectivity index (χ0) is 15.4. The van der Waals surface area contributed by atoms with Crippen LogP contribution in [0.3, 0.4) is 0 Å². The minimum atomic E-state index is -0.649. The van der Waals surface area contributed by atoms with E-state index >= 15 is 0 Å². The summed E-state index contributed by atoms with van der Waals surface area (Å²) in [5.41, 5.74) is 0.174. The lowest BCUT2D eigenvalue weighted by atomic mass is 10.2. The predicted molar refractivity (Wildman–Crippen MR) is 85.1 cm³/mol. The van der Waals surface area contributed by atoms with Crippen LogP contribution in [0.4, 0.5) is 4.39 Å². The van der Waals surface area contributed by atoms with Crippen LogP contribution in [0.1, 0.15) is 10.4 Å². The molecule has 2 amide bonds. The number of carbonyl (C=O) groups excluding carboxylic acids is 2. The Morgan fingerprint density at radius 1 is 1.36 bits per heavy atom. The van der Waals surface area contributed by atoms with E-state index in [0.717, 1.165) is 19.2 Å². The number of halogens is 3. The molecule has 22 heavy (non-hydrogen) atoms. The van der Waals surface area contributed by atoms with Crippen molar-refractivity contribution in [3.05, 3.63) is 34.6 Å². The van der Waals surface area contributed by atoms with E-state index in [1.165, 1.54) is 24.1 Å². The molecule has 1 fully saturated rings. The Bertz CT molecular complexity index is 551. The standard InChI is InChI=1S/C14H17ClFN3O2.ClH/c1-18(9-13(20)19-6-4-17-5-7-19)14(21)10-2-3-11(15)12(16)8-10;/h2-3,8,17H,4-7,9H2,1H3;1H. The number of hydrogen-bond donors (Lipinski definition) is 1. The number of piperazine rings is 1. The average molecular weight is 350 g/mol. The second-order valence-electron chi connectivity index (χ2n) is 4.92. The molecule has 0 bridgehead atoms. The maximum absolute atomic E-state index is 13.4. The van der Waals surface area contributed by atoms with E-state index in [1.807, 2.05) is 0 Å². The smallest absolute Gasteiger partial charge is 0.254 e. The molecular weight excluding hydrogens is 332 g/mol. The maximum atomic E-state index is 13.4. The molecule has 1 aliphatic heterocycles. The van der Waals surface area contributed by atoms with Gasteiger partial charge in [0.15, 0.2) is 0 Å². The largest absolute Gasteiger partial charge is 0.339 e. The fourth-order valence-corrected chi connectivity index (χ4v) is 2.26. The van der Waals surface area contributed by atoms with Crippen molar-refractivity contribution in [2.75, 3.05) is 39.8 Å². The van der Waals surface area contributed by atoms with Crippen LogP contribution in [0, 0.1) is 5.82 Å². The first-order valence-corrected chi connectivity index (χ1v) is 7.06. The third kappa shape index (κ3) is 4.56. The second kappa shape index (κ2) is 8.31. The Morgan fingerprint density at radius 3 is 2.59 bits per heavy atom. The Hall–Kier alpha value is -1.37. The molecule has 122 valence electrons. The van der Waals surface area contributed by atoms with Gasteiger partial charge in [-0.15, -0.1) is 12.4 Å². The van der Waals surface area contributed by atoms with E-state index in [-0.39, 0.29) is 35.4 Å². The average Bonchev–Trinajstić information content (AvgIpc) is 2.50. The van der Waals surface area contributed by atoms with Gasteiger partial charge in [-0.25, -0.2) is 4.39 Å². The normalized spacial score (nSPS) is 14.2. The molecule has 1 aromatic carbocycles. The third-order valence-electron chi connectivity index (χ3n) is 3.36. The van der Waals surface area contributed by atoms with E-state index in [4.69, 9.17) is 11.6 Å². The molecule has 1 saturated heterocycles. The molecule has 0 spiro atoms. The molecule has 1 aliphatic rings. The van der Waals surface area contributed by atoms with Gasteiger partial charge < -0.3 is 15.1 Å². The Kier molecular flexibility index (Phi) is 7.06. The topological polar surface area (TPSA) is 52.7 Å². The van der Waals surface area contributed by atoms with Gasteiger partial charge >= 0.3 is 0 Å². The molecule has 0 aromatic heterocycles.